The van der Waals surface area contributed by atoms with Gasteiger partial charge in [-0.15, -0.1) is 0 Å². The van der Waals surface area contributed by atoms with Gasteiger partial charge in [-0.3, -0.25) is 4.79 Å². The number of benzene rings is 1. The average molecular weight is 395 g/mol. The van der Waals surface area contributed by atoms with E-state index in [2.05, 4.69) is 10.1 Å². The highest BCUT2D eigenvalue weighted by Gasteiger charge is 2.36. The fraction of sp³-hybridized carbons (Fsp3) is 0.409. The lowest BCUT2D eigenvalue weighted by molar-refractivity contribution is -0.130. The van der Waals surface area contributed by atoms with E-state index in [0.29, 0.717) is 36.9 Å². The molecule has 0 spiro atoms. The summed E-state index contributed by atoms with van der Waals surface area (Å²) in [7, 11) is 1.69. The highest BCUT2D eigenvalue weighted by Crippen LogP contribution is 2.26. The summed E-state index contributed by atoms with van der Waals surface area (Å²) in [4.78, 5) is 19.3. The normalized spacial score (nSPS) is 19.1. The second kappa shape index (κ2) is 8.21. The molecule has 4 rings (SSSR count). The average Bonchev–Trinajstić information content (AvgIpc) is 3.42. The van der Waals surface area contributed by atoms with E-state index in [1.54, 1.807) is 7.11 Å². The third-order valence-electron chi connectivity index (χ3n) is 5.41. The van der Waals surface area contributed by atoms with Gasteiger partial charge < -0.3 is 18.6 Å². The molecule has 1 aliphatic heterocycles. The number of hydrogen-bond donors (Lipinski definition) is 0. The minimum Gasteiger partial charge on any atom is -0.441 e. The van der Waals surface area contributed by atoms with Gasteiger partial charge in [0.1, 0.15) is 11.5 Å². The zero-order valence-electron chi connectivity index (χ0n) is 16.9. The Morgan fingerprint density at radius 1 is 1.24 bits per heavy atom. The maximum atomic E-state index is 12.9. The van der Waals surface area contributed by atoms with E-state index in [-0.39, 0.29) is 24.3 Å². The highest BCUT2D eigenvalue weighted by molar-refractivity contribution is 5.79. The van der Waals surface area contributed by atoms with Gasteiger partial charge in [0, 0.05) is 44.2 Å². The molecule has 2 atom stereocenters. The second-order valence-electron chi connectivity index (χ2n) is 7.54. The quantitative estimate of drug-likeness (QED) is 0.637. The summed E-state index contributed by atoms with van der Waals surface area (Å²) in [6, 6.07) is 11.6. The summed E-state index contributed by atoms with van der Waals surface area (Å²) >= 11 is 0. The predicted octanol–water partition coefficient (Wildman–Crippen LogP) is 3.21. The smallest absolute Gasteiger partial charge is 0.228 e. The number of hydrogen-bond acceptors (Lipinski definition) is 6. The first-order valence-corrected chi connectivity index (χ1v) is 9.78. The lowest BCUT2D eigenvalue weighted by atomic mass is 10.0. The van der Waals surface area contributed by atoms with Gasteiger partial charge in [0.25, 0.3) is 0 Å². The number of amides is 1. The molecule has 1 aromatic carbocycles. The van der Waals surface area contributed by atoms with E-state index in [4.69, 9.17) is 13.7 Å². The number of rotatable bonds is 6. The Balaban J connectivity index is 1.43. The van der Waals surface area contributed by atoms with Gasteiger partial charge in [-0.2, -0.15) is 0 Å². The van der Waals surface area contributed by atoms with Crippen molar-refractivity contribution in [3.8, 4) is 11.5 Å². The largest absolute Gasteiger partial charge is 0.441 e. The monoisotopic (exact) mass is 395 g/mol. The van der Waals surface area contributed by atoms with Crippen molar-refractivity contribution in [2.75, 3.05) is 20.2 Å². The fourth-order valence-corrected chi connectivity index (χ4v) is 3.83. The van der Waals surface area contributed by atoms with Crippen molar-refractivity contribution in [2.24, 2.45) is 5.92 Å². The zero-order valence-corrected chi connectivity index (χ0v) is 16.9. The molecule has 0 aliphatic carbocycles. The molecule has 1 amide bonds. The molecule has 3 heterocycles. The van der Waals surface area contributed by atoms with Crippen LogP contribution >= 0.6 is 0 Å². The zero-order chi connectivity index (χ0) is 20.4. The summed E-state index contributed by atoms with van der Waals surface area (Å²) in [6.07, 6.45) is 0.888. The van der Waals surface area contributed by atoms with Crippen LogP contribution in [0.15, 0.2) is 45.3 Å². The summed E-state index contributed by atoms with van der Waals surface area (Å²) < 4.78 is 16.8. The van der Waals surface area contributed by atoms with Gasteiger partial charge in [-0.1, -0.05) is 23.4 Å². The number of carbonyl (C=O) groups excluding carboxylic acids is 1. The topological polar surface area (TPSA) is 81.6 Å². The maximum Gasteiger partial charge on any atom is 0.228 e. The minimum absolute atomic E-state index is 0.0253. The number of aromatic nitrogens is 2. The highest BCUT2D eigenvalue weighted by atomic mass is 16.5. The van der Waals surface area contributed by atoms with E-state index in [1.807, 2.05) is 55.1 Å². The molecular formula is C22H25N3O4. The number of nitrogens with zero attached hydrogens (tertiary/aromatic N) is 3. The van der Waals surface area contributed by atoms with Crippen molar-refractivity contribution in [2.45, 2.75) is 32.8 Å². The standard InChI is InChI=1S/C22H25N3O4/c1-14-9-18(29-24-14)10-17-12-25(13-20(17)27-3)21(26)11-19-15(2)28-22(23-19)16-7-5-4-6-8-16/h4-9,17,20H,10-13H2,1-3H3. The Morgan fingerprint density at radius 2 is 2.03 bits per heavy atom. The van der Waals surface area contributed by atoms with Crippen molar-refractivity contribution in [1.29, 1.82) is 0 Å². The number of aryl methyl sites for hydroxylation is 2. The summed E-state index contributed by atoms with van der Waals surface area (Å²) in [6.45, 7) is 4.93. The molecule has 152 valence electrons. The Morgan fingerprint density at radius 3 is 2.72 bits per heavy atom. The van der Waals surface area contributed by atoms with E-state index in [9.17, 15) is 4.79 Å². The van der Waals surface area contributed by atoms with Crippen LogP contribution < -0.4 is 0 Å². The number of likely N-dealkylation sites (tertiary alicyclic amines) is 1. The van der Waals surface area contributed by atoms with Gasteiger partial charge in [-0.05, 0) is 26.0 Å². The Labute approximate surface area is 169 Å². The second-order valence-corrected chi connectivity index (χ2v) is 7.54. The first-order valence-electron chi connectivity index (χ1n) is 9.78. The van der Waals surface area contributed by atoms with Gasteiger partial charge in [0.2, 0.25) is 11.8 Å². The van der Waals surface area contributed by atoms with Crippen molar-refractivity contribution >= 4 is 5.91 Å². The number of oxazole rings is 1. The van der Waals surface area contributed by atoms with Gasteiger partial charge >= 0.3 is 0 Å². The van der Waals surface area contributed by atoms with Crippen LogP contribution in [0.25, 0.3) is 11.5 Å². The molecule has 1 fully saturated rings. The molecule has 7 nitrogen and oxygen atoms in total. The van der Waals surface area contributed by atoms with Crippen LogP contribution in [0.2, 0.25) is 0 Å². The first kappa shape index (κ1) is 19.4. The molecule has 0 N–H and O–H groups in total. The van der Waals surface area contributed by atoms with E-state index >= 15 is 0 Å². The Kier molecular flexibility index (Phi) is 5.49. The van der Waals surface area contributed by atoms with Crippen molar-refractivity contribution < 1.29 is 18.5 Å². The number of carbonyl (C=O) groups is 1. The van der Waals surface area contributed by atoms with E-state index in [0.717, 1.165) is 17.0 Å². The minimum atomic E-state index is -0.0253. The van der Waals surface area contributed by atoms with Crippen LogP contribution in [-0.4, -0.2) is 47.3 Å². The number of methoxy groups -OCH3 is 1. The lowest BCUT2D eigenvalue weighted by Crippen LogP contribution is -2.31. The predicted molar refractivity (Wildman–Crippen MR) is 106 cm³/mol. The molecule has 29 heavy (non-hydrogen) atoms. The fourth-order valence-electron chi connectivity index (χ4n) is 3.83. The van der Waals surface area contributed by atoms with Crippen molar-refractivity contribution in [3.05, 3.63) is 59.3 Å². The Bertz CT molecular complexity index is 979. The summed E-state index contributed by atoms with van der Waals surface area (Å²) in [5.41, 5.74) is 2.44. The molecule has 0 bridgehead atoms. The third-order valence-corrected chi connectivity index (χ3v) is 5.41. The van der Waals surface area contributed by atoms with Crippen LogP contribution in [0, 0.1) is 19.8 Å². The summed E-state index contributed by atoms with van der Waals surface area (Å²) in [5, 5.41) is 3.94. The Hall–Kier alpha value is -2.93. The SMILES string of the molecule is COC1CN(C(=O)Cc2nc(-c3ccccc3)oc2C)CC1Cc1cc(C)no1. The van der Waals surface area contributed by atoms with Crippen LogP contribution in [0.1, 0.15) is 22.9 Å². The molecule has 2 aromatic heterocycles. The molecule has 0 radical (unpaired) electrons. The van der Waals surface area contributed by atoms with Crippen LogP contribution in [-0.2, 0) is 22.4 Å². The van der Waals surface area contributed by atoms with E-state index < -0.39 is 0 Å². The molecule has 1 saturated heterocycles. The maximum absolute atomic E-state index is 12.9. The van der Waals surface area contributed by atoms with Crippen molar-refractivity contribution in [1.82, 2.24) is 15.0 Å². The molecule has 3 aromatic rings. The molecular weight excluding hydrogens is 370 g/mol. The molecule has 7 heteroatoms. The van der Waals surface area contributed by atoms with Gasteiger partial charge in [0.15, 0.2) is 0 Å². The lowest BCUT2D eigenvalue weighted by Gasteiger charge is -2.15. The van der Waals surface area contributed by atoms with Crippen LogP contribution in [0.4, 0.5) is 0 Å². The van der Waals surface area contributed by atoms with Gasteiger partial charge in [-0.25, -0.2) is 4.98 Å². The van der Waals surface area contributed by atoms with E-state index in [1.165, 1.54) is 0 Å². The first-order chi connectivity index (χ1) is 14.0. The van der Waals surface area contributed by atoms with Crippen molar-refractivity contribution in [3.63, 3.8) is 0 Å². The molecule has 0 saturated carbocycles. The van der Waals surface area contributed by atoms with Crippen LogP contribution in [0.5, 0.6) is 0 Å². The summed E-state index contributed by atoms with van der Waals surface area (Å²) in [5.74, 6) is 2.24. The number of ether oxygens (including phenoxy) is 1. The molecule has 2 unspecified atom stereocenters. The third kappa shape index (κ3) is 4.24. The van der Waals surface area contributed by atoms with Crippen LogP contribution in [0.3, 0.4) is 0 Å². The van der Waals surface area contributed by atoms with Gasteiger partial charge in [0.05, 0.1) is 23.9 Å². The molecule has 1 aliphatic rings.